The van der Waals surface area contributed by atoms with Crippen molar-refractivity contribution in [1.82, 2.24) is 0 Å². The Balaban J connectivity index is 2.85. The van der Waals surface area contributed by atoms with Crippen molar-refractivity contribution in [3.8, 4) is 0 Å². The normalized spacial score (nSPS) is 11.1. The van der Waals surface area contributed by atoms with Crippen LogP contribution in [0.15, 0.2) is 34.3 Å². The zero-order chi connectivity index (χ0) is 12.5. The standard InChI is InChI=1S/C13H14N2O2/c1-2-3-12(8-14-9-16)11-4-6-13(7-5-11)15-10-17/h4-7,12H,2-3,8H2,1H3. The molecular formula is C13H14N2O2. The summed E-state index contributed by atoms with van der Waals surface area (Å²) in [6, 6.07) is 7.31. The quantitative estimate of drug-likeness (QED) is 0.557. The van der Waals surface area contributed by atoms with Gasteiger partial charge in [-0.05, 0) is 24.1 Å². The highest BCUT2D eigenvalue weighted by Gasteiger charge is 2.09. The van der Waals surface area contributed by atoms with E-state index in [9.17, 15) is 9.59 Å². The van der Waals surface area contributed by atoms with Gasteiger partial charge in [0.25, 0.3) is 0 Å². The van der Waals surface area contributed by atoms with E-state index in [1.165, 1.54) is 6.08 Å². The van der Waals surface area contributed by atoms with Crippen molar-refractivity contribution in [2.24, 2.45) is 9.98 Å². The molecule has 0 N–H and O–H groups in total. The summed E-state index contributed by atoms with van der Waals surface area (Å²) in [6.45, 7) is 2.54. The zero-order valence-electron chi connectivity index (χ0n) is 9.72. The van der Waals surface area contributed by atoms with Crippen LogP contribution in [0.25, 0.3) is 0 Å². The Labute approximate surface area is 100 Å². The van der Waals surface area contributed by atoms with Gasteiger partial charge in [0.1, 0.15) is 0 Å². The predicted octanol–water partition coefficient (Wildman–Crippen LogP) is 2.87. The minimum Gasteiger partial charge on any atom is -0.211 e. The number of aliphatic imine (C=N–C) groups is 2. The molecule has 1 rings (SSSR count). The van der Waals surface area contributed by atoms with Crippen LogP contribution in [0, 0.1) is 0 Å². The molecular weight excluding hydrogens is 216 g/mol. The Hall–Kier alpha value is -2.02. The topological polar surface area (TPSA) is 58.9 Å². The highest BCUT2D eigenvalue weighted by Crippen LogP contribution is 2.23. The number of nitrogens with zero attached hydrogens (tertiary/aromatic N) is 2. The van der Waals surface area contributed by atoms with E-state index in [-0.39, 0.29) is 5.92 Å². The zero-order valence-corrected chi connectivity index (χ0v) is 9.72. The van der Waals surface area contributed by atoms with Crippen LogP contribution in [0.1, 0.15) is 31.2 Å². The van der Waals surface area contributed by atoms with Crippen LogP contribution < -0.4 is 0 Å². The number of carbonyl (C=O) groups excluding carboxylic acids is 2. The van der Waals surface area contributed by atoms with Crippen molar-refractivity contribution in [2.45, 2.75) is 25.7 Å². The van der Waals surface area contributed by atoms with Gasteiger partial charge < -0.3 is 0 Å². The van der Waals surface area contributed by atoms with Gasteiger partial charge in [-0.15, -0.1) is 0 Å². The van der Waals surface area contributed by atoms with Crippen LogP contribution in [0.5, 0.6) is 0 Å². The van der Waals surface area contributed by atoms with Gasteiger partial charge in [0, 0.05) is 5.92 Å². The van der Waals surface area contributed by atoms with Crippen LogP contribution in [-0.2, 0) is 9.59 Å². The molecule has 1 aromatic carbocycles. The van der Waals surface area contributed by atoms with E-state index < -0.39 is 0 Å². The molecule has 0 heterocycles. The maximum atomic E-state index is 10.1. The van der Waals surface area contributed by atoms with Gasteiger partial charge in [-0.3, -0.25) is 0 Å². The fourth-order valence-corrected chi connectivity index (χ4v) is 1.73. The Morgan fingerprint density at radius 2 is 1.88 bits per heavy atom. The van der Waals surface area contributed by atoms with Gasteiger partial charge in [0.2, 0.25) is 12.2 Å². The summed E-state index contributed by atoms with van der Waals surface area (Å²) in [4.78, 5) is 27.4. The minimum absolute atomic E-state index is 0.218. The van der Waals surface area contributed by atoms with E-state index in [2.05, 4.69) is 16.9 Å². The van der Waals surface area contributed by atoms with Crippen molar-refractivity contribution < 1.29 is 9.59 Å². The molecule has 0 spiro atoms. The summed E-state index contributed by atoms with van der Waals surface area (Å²) < 4.78 is 0. The van der Waals surface area contributed by atoms with E-state index in [1.807, 2.05) is 12.1 Å². The molecule has 0 saturated carbocycles. The lowest BCUT2D eigenvalue weighted by Gasteiger charge is -2.13. The monoisotopic (exact) mass is 230 g/mol. The number of rotatable bonds is 6. The molecule has 1 atom stereocenters. The maximum absolute atomic E-state index is 10.1. The maximum Gasteiger partial charge on any atom is 0.240 e. The second kappa shape index (κ2) is 7.29. The molecule has 4 nitrogen and oxygen atoms in total. The lowest BCUT2D eigenvalue weighted by Crippen LogP contribution is -2.02. The van der Waals surface area contributed by atoms with Crippen molar-refractivity contribution in [3.05, 3.63) is 29.8 Å². The molecule has 0 fully saturated rings. The van der Waals surface area contributed by atoms with E-state index in [0.717, 1.165) is 18.4 Å². The van der Waals surface area contributed by atoms with Gasteiger partial charge in [-0.1, -0.05) is 25.5 Å². The van der Waals surface area contributed by atoms with Crippen LogP contribution in [0.2, 0.25) is 0 Å². The fourth-order valence-electron chi connectivity index (χ4n) is 1.73. The van der Waals surface area contributed by atoms with Gasteiger partial charge in [0.15, 0.2) is 0 Å². The Morgan fingerprint density at radius 3 is 2.41 bits per heavy atom. The highest BCUT2D eigenvalue weighted by atomic mass is 16.1. The van der Waals surface area contributed by atoms with Crippen molar-refractivity contribution in [1.29, 1.82) is 0 Å². The molecule has 88 valence electrons. The SMILES string of the molecule is CCCC(CN=C=O)c1ccc(N=C=O)cc1. The Morgan fingerprint density at radius 1 is 1.18 bits per heavy atom. The summed E-state index contributed by atoms with van der Waals surface area (Å²) in [5.74, 6) is 0.218. The first-order valence-corrected chi connectivity index (χ1v) is 5.53. The summed E-state index contributed by atoms with van der Waals surface area (Å²) in [5, 5.41) is 0. The van der Waals surface area contributed by atoms with Crippen molar-refractivity contribution >= 4 is 17.8 Å². The van der Waals surface area contributed by atoms with E-state index in [0.29, 0.717) is 12.2 Å². The van der Waals surface area contributed by atoms with Crippen molar-refractivity contribution in [2.75, 3.05) is 6.54 Å². The smallest absolute Gasteiger partial charge is 0.211 e. The minimum atomic E-state index is 0.218. The molecule has 0 amide bonds. The van der Waals surface area contributed by atoms with Crippen LogP contribution in [-0.4, -0.2) is 18.7 Å². The molecule has 0 aliphatic heterocycles. The van der Waals surface area contributed by atoms with Crippen LogP contribution in [0.4, 0.5) is 5.69 Å². The molecule has 0 aliphatic rings. The lowest BCUT2D eigenvalue weighted by molar-refractivity contribution is 0.557. The Bertz CT molecular complexity index is 441. The molecule has 1 aromatic rings. The third kappa shape index (κ3) is 4.15. The summed E-state index contributed by atoms with van der Waals surface area (Å²) in [7, 11) is 0. The molecule has 0 aliphatic carbocycles. The van der Waals surface area contributed by atoms with Crippen molar-refractivity contribution in [3.63, 3.8) is 0 Å². The lowest BCUT2D eigenvalue weighted by atomic mass is 9.94. The second-order valence-corrected chi connectivity index (χ2v) is 3.71. The van der Waals surface area contributed by atoms with Gasteiger partial charge in [-0.25, -0.2) is 14.6 Å². The molecule has 0 radical (unpaired) electrons. The molecule has 0 bridgehead atoms. The first kappa shape index (κ1) is 13.0. The average Bonchev–Trinajstić information content (AvgIpc) is 2.36. The highest BCUT2D eigenvalue weighted by molar-refractivity contribution is 5.49. The third-order valence-corrected chi connectivity index (χ3v) is 2.55. The third-order valence-electron chi connectivity index (χ3n) is 2.55. The molecule has 1 unspecified atom stereocenters. The number of hydrogen-bond donors (Lipinski definition) is 0. The largest absolute Gasteiger partial charge is 0.240 e. The van der Waals surface area contributed by atoms with Crippen LogP contribution in [0.3, 0.4) is 0 Å². The molecule has 17 heavy (non-hydrogen) atoms. The van der Waals surface area contributed by atoms with Gasteiger partial charge >= 0.3 is 0 Å². The van der Waals surface area contributed by atoms with E-state index in [1.54, 1.807) is 18.2 Å². The fraction of sp³-hybridized carbons (Fsp3) is 0.385. The van der Waals surface area contributed by atoms with Crippen LogP contribution >= 0.6 is 0 Å². The first-order valence-electron chi connectivity index (χ1n) is 5.53. The molecule has 0 saturated heterocycles. The Kier molecular flexibility index (Phi) is 5.59. The number of isocyanates is 2. The first-order chi connectivity index (χ1) is 8.31. The van der Waals surface area contributed by atoms with E-state index >= 15 is 0 Å². The number of benzene rings is 1. The summed E-state index contributed by atoms with van der Waals surface area (Å²) >= 11 is 0. The van der Waals surface area contributed by atoms with Gasteiger partial charge in [0.05, 0.1) is 12.2 Å². The predicted molar refractivity (Wildman–Crippen MR) is 64.9 cm³/mol. The van der Waals surface area contributed by atoms with Gasteiger partial charge in [-0.2, -0.15) is 4.99 Å². The second-order valence-electron chi connectivity index (χ2n) is 3.71. The number of hydrogen-bond acceptors (Lipinski definition) is 4. The average molecular weight is 230 g/mol. The summed E-state index contributed by atoms with van der Waals surface area (Å²) in [6.07, 6.45) is 5.04. The molecule has 4 heteroatoms. The summed E-state index contributed by atoms with van der Waals surface area (Å²) in [5.41, 5.74) is 1.67. The molecule has 0 aromatic heterocycles. The van der Waals surface area contributed by atoms with E-state index in [4.69, 9.17) is 0 Å².